The van der Waals surface area contributed by atoms with Gasteiger partial charge in [-0.3, -0.25) is 9.59 Å². The highest BCUT2D eigenvalue weighted by molar-refractivity contribution is 6.02. The van der Waals surface area contributed by atoms with Gasteiger partial charge in [0.25, 0.3) is 0 Å². The zero-order valence-electron chi connectivity index (χ0n) is 13.8. The number of carbonyl (C=O) groups excluding carboxylic acids is 2. The maximum absolute atomic E-state index is 12.4. The van der Waals surface area contributed by atoms with Gasteiger partial charge in [0.05, 0.1) is 0 Å². The number of Topliss-reactive ketones (excluding diaryl/α,β-unsaturated/α-hetero) is 2. The lowest BCUT2D eigenvalue weighted by Gasteiger charge is -2.58. The van der Waals surface area contributed by atoms with Crippen LogP contribution in [-0.4, -0.2) is 11.6 Å². The molecule has 0 heterocycles. The molecule has 0 N–H and O–H groups in total. The fraction of sp³-hybridized carbons (Fsp3) is 0.800. The molecule has 0 aromatic rings. The summed E-state index contributed by atoms with van der Waals surface area (Å²) in [5.74, 6) is 3.66. The number of hydrogen-bond acceptors (Lipinski definition) is 2. The summed E-state index contributed by atoms with van der Waals surface area (Å²) in [6.45, 7) is 4.73. The van der Waals surface area contributed by atoms with Gasteiger partial charge in [0, 0.05) is 18.3 Å². The molecule has 3 fully saturated rings. The lowest BCUT2D eigenvalue weighted by atomic mass is 9.46. The molecule has 22 heavy (non-hydrogen) atoms. The summed E-state index contributed by atoms with van der Waals surface area (Å²) in [6.07, 6.45) is 8.53. The van der Waals surface area contributed by atoms with Gasteiger partial charge in [-0.2, -0.15) is 0 Å². The molecule has 5 aliphatic rings. The van der Waals surface area contributed by atoms with E-state index < -0.39 is 0 Å². The Bertz CT molecular complexity index is 630. The monoisotopic (exact) mass is 298 g/mol. The number of hydrogen-bond donors (Lipinski definition) is 0. The Hall–Kier alpha value is -0.920. The predicted octanol–water partition coefficient (Wildman–Crippen LogP) is 4.09. The van der Waals surface area contributed by atoms with Crippen LogP contribution in [0.1, 0.15) is 65.2 Å². The van der Waals surface area contributed by atoms with Crippen LogP contribution in [0.25, 0.3) is 0 Å². The highest BCUT2D eigenvalue weighted by atomic mass is 16.1. The van der Waals surface area contributed by atoms with Crippen molar-refractivity contribution in [2.75, 3.05) is 0 Å². The summed E-state index contributed by atoms with van der Waals surface area (Å²) in [5.41, 5.74) is 2.99. The van der Waals surface area contributed by atoms with Crippen LogP contribution in [0.4, 0.5) is 0 Å². The quantitative estimate of drug-likeness (QED) is 0.675. The normalized spacial score (nSPS) is 52.8. The Morgan fingerprint density at radius 1 is 1.00 bits per heavy atom. The maximum Gasteiger partial charge on any atom is 0.159 e. The third-order valence-electron chi connectivity index (χ3n) is 8.62. The molecule has 2 heteroatoms. The summed E-state index contributed by atoms with van der Waals surface area (Å²) < 4.78 is 0. The van der Waals surface area contributed by atoms with Gasteiger partial charge in [0.2, 0.25) is 0 Å². The van der Waals surface area contributed by atoms with E-state index in [4.69, 9.17) is 0 Å². The van der Waals surface area contributed by atoms with Gasteiger partial charge in [-0.05, 0) is 73.2 Å². The molecule has 3 saturated carbocycles. The van der Waals surface area contributed by atoms with Crippen molar-refractivity contribution in [3.05, 3.63) is 11.1 Å². The van der Waals surface area contributed by atoms with Crippen molar-refractivity contribution < 1.29 is 9.59 Å². The van der Waals surface area contributed by atoms with E-state index in [0.29, 0.717) is 28.8 Å². The van der Waals surface area contributed by atoms with Crippen LogP contribution in [-0.2, 0) is 9.59 Å². The van der Waals surface area contributed by atoms with Crippen molar-refractivity contribution in [2.24, 2.45) is 34.5 Å². The Labute approximate surface area is 132 Å². The smallest absolute Gasteiger partial charge is 0.159 e. The van der Waals surface area contributed by atoms with Crippen molar-refractivity contribution in [1.82, 2.24) is 0 Å². The average Bonchev–Trinajstić information content (AvgIpc) is 3.24. The van der Waals surface area contributed by atoms with Gasteiger partial charge < -0.3 is 0 Å². The van der Waals surface area contributed by atoms with E-state index in [9.17, 15) is 9.59 Å². The summed E-state index contributed by atoms with van der Waals surface area (Å²) >= 11 is 0. The Morgan fingerprint density at radius 3 is 2.64 bits per heavy atom. The first-order valence-corrected chi connectivity index (χ1v) is 9.25. The molecule has 0 spiro atoms. The third kappa shape index (κ3) is 1.39. The molecule has 0 aromatic carbocycles. The second-order valence-corrected chi connectivity index (χ2v) is 9.11. The van der Waals surface area contributed by atoms with E-state index in [-0.39, 0.29) is 5.41 Å². The molecule has 5 aliphatic carbocycles. The molecule has 0 aliphatic heterocycles. The molecule has 0 aromatic heterocycles. The maximum atomic E-state index is 12.4. The van der Waals surface area contributed by atoms with Crippen LogP contribution in [0.5, 0.6) is 0 Å². The fourth-order valence-corrected chi connectivity index (χ4v) is 7.25. The number of rotatable bonds is 0. The van der Waals surface area contributed by atoms with Crippen LogP contribution in [0, 0.1) is 34.5 Å². The SMILES string of the molecule is C[C@]12C3=C(C3)C(=O)CC1CC[C@@H]1[C@@H]2CC[C@]2(C)C(=O)CC[C@@H]12. The van der Waals surface area contributed by atoms with Gasteiger partial charge in [-0.25, -0.2) is 0 Å². The number of fused-ring (bicyclic) bond motifs is 6. The van der Waals surface area contributed by atoms with Gasteiger partial charge >= 0.3 is 0 Å². The van der Waals surface area contributed by atoms with Crippen molar-refractivity contribution in [1.29, 1.82) is 0 Å². The van der Waals surface area contributed by atoms with Gasteiger partial charge in [0.1, 0.15) is 5.78 Å². The van der Waals surface area contributed by atoms with E-state index in [1.54, 1.807) is 0 Å². The van der Waals surface area contributed by atoms with Crippen molar-refractivity contribution >= 4 is 11.6 Å². The van der Waals surface area contributed by atoms with Crippen LogP contribution >= 0.6 is 0 Å². The minimum Gasteiger partial charge on any atom is -0.299 e. The van der Waals surface area contributed by atoms with Crippen LogP contribution in [0.15, 0.2) is 11.1 Å². The van der Waals surface area contributed by atoms with Crippen molar-refractivity contribution in [2.45, 2.75) is 65.2 Å². The average molecular weight is 298 g/mol. The number of carbonyl (C=O) groups is 2. The summed E-state index contributed by atoms with van der Waals surface area (Å²) in [6, 6.07) is 0. The molecular weight excluding hydrogens is 272 g/mol. The molecule has 2 nitrogen and oxygen atoms in total. The van der Waals surface area contributed by atoms with Crippen molar-refractivity contribution in [3.8, 4) is 0 Å². The predicted molar refractivity (Wildman–Crippen MR) is 84.2 cm³/mol. The van der Waals surface area contributed by atoms with Crippen LogP contribution in [0.2, 0.25) is 0 Å². The third-order valence-corrected chi connectivity index (χ3v) is 8.62. The van der Waals surface area contributed by atoms with E-state index >= 15 is 0 Å². The minimum atomic E-state index is -0.0182. The largest absolute Gasteiger partial charge is 0.299 e. The second kappa shape index (κ2) is 3.94. The van der Waals surface area contributed by atoms with E-state index in [0.717, 1.165) is 43.9 Å². The number of ketones is 2. The first kappa shape index (κ1) is 13.5. The number of allylic oxidation sites excluding steroid dienone is 2. The Kier molecular flexibility index (Phi) is 2.42. The topological polar surface area (TPSA) is 34.1 Å². The molecule has 0 bridgehead atoms. The summed E-state index contributed by atoms with van der Waals surface area (Å²) in [5, 5.41) is 0. The lowest BCUT2D eigenvalue weighted by molar-refractivity contribution is -0.135. The minimum absolute atomic E-state index is 0.0182. The molecule has 6 atom stereocenters. The fourth-order valence-electron chi connectivity index (χ4n) is 7.25. The molecule has 0 saturated heterocycles. The molecule has 118 valence electrons. The zero-order chi connectivity index (χ0) is 15.3. The molecule has 5 rings (SSSR count). The highest BCUT2D eigenvalue weighted by Crippen LogP contribution is 2.69. The molecule has 0 amide bonds. The molecular formula is C20H26O2. The zero-order valence-corrected chi connectivity index (χ0v) is 13.8. The first-order chi connectivity index (χ1) is 10.5. The molecule has 1 unspecified atom stereocenters. The van der Waals surface area contributed by atoms with Crippen LogP contribution < -0.4 is 0 Å². The standard InChI is InChI=1S/C20H26O2/c1-19-8-7-15-12(14(19)5-6-18(19)22)4-3-11-9-17(21)13-10-16(13)20(11,15)2/h11-12,14-15H,3-10H2,1-2H3/t11?,12-,14-,15-,19-,20-/m0/s1. The lowest BCUT2D eigenvalue weighted by Crippen LogP contribution is -2.52. The Morgan fingerprint density at radius 2 is 1.82 bits per heavy atom. The second-order valence-electron chi connectivity index (χ2n) is 9.11. The summed E-state index contributed by atoms with van der Waals surface area (Å²) in [7, 11) is 0. The first-order valence-electron chi connectivity index (χ1n) is 9.25. The Balaban J connectivity index is 1.55. The van der Waals surface area contributed by atoms with E-state index in [1.165, 1.54) is 30.4 Å². The molecule has 0 radical (unpaired) electrons. The summed E-state index contributed by atoms with van der Waals surface area (Å²) in [4.78, 5) is 24.6. The van der Waals surface area contributed by atoms with E-state index in [2.05, 4.69) is 13.8 Å². The highest BCUT2D eigenvalue weighted by Gasteiger charge is 2.63. The van der Waals surface area contributed by atoms with Crippen LogP contribution in [0.3, 0.4) is 0 Å². The van der Waals surface area contributed by atoms with Gasteiger partial charge in [-0.15, -0.1) is 0 Å². The van der Waals surface area contributed by atoms with E-state index in [1.807, 2.05) is 0 Å². The van der Waals surface area contributed by atoms with Gasteiger partial charge in [-0.1, -0.05) is 19.4 Å². The van der Waals surface area contributed by atoms with Gasteiger partial charge in [0.15, 0.2) is 5.78 Å². The van der Waals surface area contributed by atoms with Crippen molar-refractivity contribution in [3.63, 3.8) is 0 Å².